The Bertz CT molecular complexity index is 457. The number of halogens is 1. The van der Waals surface area contributed by atoms with Crippen LogP contribution in [0, 0.1) is 13.8 Å². The van der Waals surface area contributed by atoms with Crippen molar-refractivity contribution < 1.29 is 4.79 Å². The SMILES string of the molecule is Cc1ccc(Cl)c(C2(N=C=O)CC2)c1C. The standard InChI is InChI=1S/C12H12ClNO/c1-8-3-4-10(13)11(9(8)2)12(5-6-12)14-7-15/h3-4H,5-6H2,1-2H3. The van der Waals surface area contributed by atoms with Gasteiger partial charge in [0.15, 0.2) is 0 Å². The van der Waals surface area contributed by atoms with E-state index in [1.54, 1.807) is 6.08 Å². The van der Waals surface area contributed by atoms with Gasteiger partial charge in [0.25, 0.3) is 0 Å². The Labute approximate surface area is 94.0 Å². The summed E-state index contributed by atoms with van der Waals surface area (Å²) >= 11 is 6.17. The van der Waals surface area contributed by atoms with Crippen LogP contribution in [0.2, 0.25) is 5.02 Å². The average Bonchev–Trinajstić information content (AvgIpc) is 2.94. The maximum atomic E-state index is 10.4. The molecule has 0 unspecified atom stereocenters. The molecule has 1 aromatic rings. The zero-order valence-corrected chi connectivity index (χ0v) is 9.56. The maximum absolute atomic E-state index is 10.4. The Balaban J connectivity index is 2.62. The van der Waals surface area contributed by atoms with Gasteiger partial charge in [0.1, 0.15) is 5.54 Å². The van der Waals surface area contributed by atoms with E-state index in [9.17, 15) is 4.79 Å². The van der Waals surface area contributed by atoms with E-state index in [1.165, 1.54) is 5.56 Å². The normalized spacial score (nSPS) is 17.0. The number of carbonyl (C=O) groups excluding carboxylic acids is 1. The average molecular weight is 222 g/mol. The highest BCUT2D eigenvalue weighted by Crippen LogP contribution is 2.52. The third-order valence-corrected chi connectivity index (χ3v) is 3.45. The molecular weight excluding hydrogens is 210 g/mol. The molecule has 2 nitrogen and oxygen atoms in total. The van der Waals surface area contributed by atoms with Crippen LogP contribution in [-0.4, -0.2) is 6.08 Å². The topological polar surface area (TPSA) is 29.4 Å². The summed E-state index contributed by atoms with van der Waals surface area (Å²) < 4.78 is 0. The molecule has 0 amide bonds. The molecule has 0 heterocycles. The minimum atomic E-state index is -0.366. The molecule has 2 rings (SSSR count). The monoisotopic (exact) mass is 221 g/mol. The van der Waals surface area contributed by atoms with E-state index >= 15 is 0 Å². The Morgan fingerprint density at radius 1 is 1.40 bits per heavy atom. The van der Waals surface area contributed by atoms with Crippen molar-refractivity contribution in [2.24, 2.45) is 4.99 Å². The summed E-state index contributed by atoms with van der Waals surface area (Å²) in [5.74, 6) is 0. The highest BCUT2D eigenvalue weighted by atomic mass is 35.5. The maximum Gasteiger partial charge on any atom is 0.235 e. The molecule has 1 fully saturated rings. The van der Waals surface area contributed by atoms with Gasteiger partial charge in [0, 0.05) is 10.6 Å². The Morgan fingerprint density at radius 2 is 2.07 bits per heavy atom. The summed E-state index contributed by atoms with van der Waals surface area (Å²) in [6.07, 6.45) is 3.45. The molecule has 0 spiro atoms. The molecule has 0 aliphatic heterocycles. The molecule has 3 heteroatoms. The first-order valence-corrected chi connectivity index (χ1v) is 5.34. The van der Waals surface area contributed by atoms with Gasteiger partial charge in [-0.05, 0) is 43.9 Å². The van der Waals surface area contributed by atoms with E-state index in [2.05, 4.69) is 4.99 Å². The number of hydrogen-bond acceptors (Lipinski definition) is 2. The lowest BCUT2D eigenvalue weighted by atomic mass is 9.96. The van der Waals surface area contributed by atoms with Crippen molar-refractivity contribution in [3.05, 3.63) is 33.8 Å². The summed E-state index contributed by atoms with van der Waals surface area (Å²) in [6, 6.07) is 3.86. The van der Waals surface area contributed by atoms with Crippen molar-refractivity contribution in [3.8, 4) is 0 Å². The second kappa shape index (κ2) is 3.48. The smallest absolute Gasteiger partial charge is 0.211 e. The minimum absolute atomic E-state index is 0.366. The van der Waals surface area contributed by atoms with Gasteiger partial charge < -0.3 is 0 Å². The fraction of sp³-hybridized carbons (Fsp3) is 0.417. The van der Waals surface area contributed by atoms with Crippen LogP contribution in [0.25, 0.3) is 0 Å². The zero-order chi connectivity index (χ0) is 11.1. The molecule has 0 aromatic heterocycles. The van der Waals surface area contributed by atoms with Crippen LogP contribution >= 0.6 is 11.6 Å². The van der Waals surface area contributed by atoms with E-state index < -0.39 is 0 Å². The summed E-state index contributed by atoms with van der Waals surface area (Å²) in [6.45, 7) is 4.06. The number of hydrogen-bond donors (Lipinski definition) is 0. The second-order valence-corrected chi connectivity index (χ2v) is 4.51. The van der Waals surface area contributed by atoms with Gasteiger partial charge >= 0.3 is 0 Å². The third kappa shape index (κ3) is 1.60. The third-order valence-electron chi connectivity index (χ3n) is 3.13. The van der Waals surface area contributed by atoms with Crippen LogP contribution in [0.3, 0.4) is 0 Å². The summed E-state index contributed by atoms with van der Waals surface area (Å²) in [5.41, 5.74) is 2.96. The molecule has 0 radical (unpaired) electrons. The number of isocyanates is 1. The highest BCUT2D eigenvalue weighted by molar-refractivity contribution is 6.31. The van der Waals surface area contributed by atoms with Gasteiger partial charge in [-0.1, -0.05) is 17.7 Å². The highest BCUT2D eigenvalue weighted by Gasteiger charge is 2.47. The largest absolute Gasteiger partial charge is 0.235 e. The molecule has 1 aliphatic carbocycles. The van der Waals surface area contributed by atoms with E-state index in [1.807, 2.05) is 26.0 Å². The summed E-state index contributed by atoms with van der Waals surface area (Å²) in [4.78, 5) is 14.3. The fourth-order valence-electron chi connectivity index (χ4n) is 1.98. The van der Waals surface area contributed by atoms with Gasteiger partial charge in [0.2, 0.25) is 6.08 Å². The van der Waals surface area contributed by atoms with Crippen LogP contribution in [0.15, 0.2) is 17.1 Å². The van der Waals surface area contributed by atoms with Crippen molar-refractivity contribution in [2.75, 3.05) is 0 Å². The Hall–Kier alpha value is -1.11. The molecular formula is C12H12ClNO. The predicted molar refractivity (Wildman–Crippen MR) is 60.0 cm³/mol. The fourth-order valence-corrected chi connectivity index (χ4v) is 2.36. The number of rotatable bonds is 2. The van der Waals surface area contributed by atoms with Crippen molar-refractivity contribution in [1.29, 1.82) is 0 Å². The lowest BCUT2D eigenvalue weighted by Gasteiger charge is -2.15. The molecule has 1 aromatic carbocycles. The van der Waals surface area contributed by atoms with Crippen molar-refractivity contribution in [1.82, 2.24) is 0 Å². The second-order valence-electron chi connectivity index (χ2n) is 4.10. The van der Waals surface area contributed by atoms with Gasteiger partial charge in [-0.3, -0.25) is 0 Å². The van der Waals surface area contributed by atoms with Crippen molar-refractivity contribution in [3.63, 3.8) is 0 Å². The van der Waals surface area contributed by atoms with Crippen LogP contribution in [-0.2, 0) is 10.3 Å². The van der Waals surface area contributed by atoms with Crippen LogP contribution in [0.1, 0.15) is 29.5 Å². The van der Waals surface area contributed by atoms with Crippen molar-refractivity contribution >= 4 is 17.7 Å². The molecule has 1 aliphatic rings. The number of aliphatic imine (C=N–C) groups is 1. The van der Waals surface area contributed by atoms with E-state index in [0.29, 0.717) is 5.02 Å². The molecule has 0 saturated heterocycles. The van der Waals surface area contributed by atoms with E-state index in [-0.39, 0.29) is 5.54 Å². The Morgan fingerprint density at radius 3 is 2.60 bits per heavy atom. The molecule has 0 bridgehead atoms. The van der Waals surface area contributed by atoms with Gasteiger partial charge in [-0.2, -0.15) is 4.99 Å². The lowest BCUT2D eigenvalue weighted by molar-refractivity contribution is 0.556. The molecule has 0 atom stereocenters. The molecule has 0 N–H and O–H groups in total. The van der Waals surface area contributed by atoms with Crippen LogP contribution in [0.5, 0.6) is 0 Å². The van der Waals surface area contributed by atoms with Gasteiger partial charge in [-0.15, -0.1) is 0 Å². The number of benzene rings is 1. The quantitative estimate of drug-likeness (QED) is 0.557. The van der Waals surface area contributed by atoms with E-state index in [4.69, 9.17) is 11.6 Å². The van der Waals surface area contributed by atoms with E-state index in [0.717, 1.165) is 24.0 Å². The summed E-state index contributed by atoms with van der Waals surface area (Å²) in [5, 5.41) is 0.703. The zero-order valence-electron chi connectivity index (χ0n) is 8.80. The van der Waals surface area contributed by atoms with Crippen LogP contribution in [0.4, 0.5) is 0 Å². The first kappa shape index (κ1) is 10.4. The molecule has 78 valence electrons. The number of aryl methyl sites for hydroxylation is 1. The lowest BCUT2D eigenvalue weighted by Crippen LogP contribution is -2.07. The molecule has 1 saturated carbocycles. The van der Waals surface area contributed by atoms with Crippen molar-refractivity contribution in [2.45, 2.75) is 32.2 Å². The predicted octanol–water partition coefficient (Wildman–Crippen LogP) is 3.28. The van der Waals surface area contributed by atoms with Crippen LogP contribution < -0.4 is 0 Å². The van der Waals surface area contributed by atoms with Gasteiger partial charge in [0.05, 0.1) is 0 Å². The first-order chi connectivity index (χ1) is 7.10. The first-order valence-electron chi connectivity index (χ1n) is 4.96. The minimum Gasteiger partial charge on any atom is -0.211 e. The van der Waals surface area contributed by atoms with Gasteiger partial charge in [-0.25, -0.2) is 4.79 Å². The Kier molecular flexibility index (Phi) is 2.41. The molecule has 15 heavy (non-hydrogen) atoms. The number of nitrogens with zero attached hydrogens (tertiary/aromatic N) is 1. The summed E-state index contributed by atoms with van der Waals surface area (Å²) in [7, 11) is 0.